The zero-order valence-corrected chi connectivity index (χ0v) is 17.5. The van der Waals surface area contributed by atoms with Crippen LogP contribution in [0.5, 0.6) is 0 Å². The Kier molecular flexibility index (Phi) is 7.54. The van der Waals surface area contributed by atoms with Crippen LogP contribution < -0.4 is 10.8 Å². The van der Waals surface area contributed by atoms with E-state index in [1.54, 1.807) is 6.07 Å². The fraction of sp³-hybridized carbons (Fsp3) is 0.364. The molecule has 166 valence electrons. The van der Waals surface area contributed by atoms with Crippen LogP contribution in [0.15, 0.2) is 36.8 Å². The third kappa shape index (κ3) is 4.83. The van der Waals surface area contributed by atoms with E-state index in [-0.39, 0.29) is 35.8 Å². The molecule has 1 fully saturated rings. The van der Waals surface area contributed by atoms with Gasteiger partial charge < -0.3 is 10.4 Å². The number of benzene rings is 1. The van der Waals surface area contributed by atoms with Crippen molar-refractivity contribution in [1.29, 1.82) is 0 Å². The summed E-state index contributed by atoms with van der Waals surface area (Å²) < 4.78 is 30.4. The maximum absolute atomic E-state index is 14.7. The highest BCUT2D eigenvalue weighted by Crippen LogP contribution is 2.37. The van der Waals surface area contributed by atoms with E-state index in [0.717, 1.165) is 30.9 Å². The van der Waals surface area contributed by atoms with Gasteiger partial charge in [-0.25, -0.2) is 19.2 Å². The molecule has 0 atom stereocenters. The number of fused-ring (bicyclic) bond motifs is 1. The molecule has 1 aliphatic carbocycles. The zero-order valence-electron chi connectivity index (χ0n) is 17.5. The number of nitrogens with zero attached hydrogens (tertiary/aromatic N) is 2. The minimum absolute atomic E-state index is 0.103. The Morgan fingerprint density at radius 1 is 1.26 bits per heavy atom. The number of rotatable bonds is 7. The molecule has 1 amide bonds. The van der Waals surface area contributed by atoms with Gasteiger partial charge in [0.25, 0.3) is 5.91 Å². The first-order valence-electron chi connectivity index (χ1n) is 10.3. The predicted octanol–water partition coefficient (Wildman–Crippen LogP) is 4.30. The van der Waals surface area contributed by atoms with Crippen LogP contribution in [0.3, 0.4) is 0 Å². The van der Waals surface area contributed by atoms with Crippen molar-refractivity contribution in [3.8, 4) is 0 Å². The number of aliphatic hydroxyl groups is 1. The summed E-state index contributed by atoms with van der Waals surface area (Å²) in [7, 11) is 0. The maximum atomic E-state index is 14.7. The van der Waals surface area contributed by atoms with E-state index in [1.807, 2.05) is 19.9 Å². The highest BCUT2D eigenvalue weighted by Gasteiger charge is 2.22. The van der Waals surface area contributed by atoms with Gasteiger partial charge in [0.15, 0.2) is 0 Å². The summed E-state index contributed by atoms with van der Waals surface area (Å²) in [5.41, 5.74) is 3.26. The van der Waals surface area contributed by atoms with Crippen LogP contribution in [0.2, 0.25) is 0 Å². The summed E-state index contributed by atoms with van der Waals surface area (Å²) in [6.45, 7) is 3.58. The lowest BCUT2D eigenvalue weighted by molar-refractivity contribution is 0.0168. The number of hydroxylamine groups is 1. The van der Waals surface area contributed by atoms with Crippen molar-refractivity contribution in [3.63, 3.8) is 0 Å². The number of hydrogen-bond acceptors (Lipinski definition) is 5. The van der Waals surface area contributed by atoms with Crippen molar-refractivity contribution < 1.29 is 23.5 Å². The highest BCUT2D eigenvalue weighted by atomic mass is 19.1. The van der Waals surface area contributed by atoms with Gasteiger partial charge in [-0.05, 0) is 42.5 Å². The summed E-state index contributed by atoms with van der Waals surface area (Å²) in [5.74, 6) is -1.35. The molecule has 0 saturated heterocycles. The predicted molar refractivity (Wildman–Crippen MR) is 113 cm³/mol. The number of carbonyl (C=O) groups excluding carboxylic acids is 1. The fourth-order valence-corrected chi connectivity index (χ4v) is 3.32. The summed E-state index contributed by atoms with van der Waals surface area (Å²) in [4.78, 5) is 21.2. The zero-order chi connectivity index (χ0) is 22.4. The van der Waals surface area contributed by atoms with Gasteiger partial charge in [0.05, 0.1) is 30.7 Å². The molecular weight excluding hydrogens is 406 g/mol. The monoisotopic (exact) mass is 432 g/mol. The molecule has 0 spiro atoms. The van der Waals surface area contributed by atoms with Crippen molar-refractivity contribution in [1.82, 2.24) is 14.9 Å². The van der Waals surface area contributed by atoms with Gasteiger partial charge in [0, 0.05) is 0 Å². The van der Waals surface area contributed by atoms with Crippen LogP contribution in [0.1, 0.15) is 54.9 Å². The summed E-state index contributed by atoms with van der Waals surface area (Å²) in [6.07, 6.45) is 5.89. The lowest BCUT2D eigenvalue weighted by Gasteiger charge is -2.26. The molecule has 0 unspecified atom stereocenters. The number of nitrogens with one attached hydrogen (secondary N) is 2. The van der Waals surface area contributed by atoms with Gasteiger partial charge in [-0.1, -0.05) is 26.3 Å². The number of imidazole rings is 1. The summed E-state index contributed by atoms with van der Waals surface area (Å²) in [6, 6.07) is 5.98. The first-order valence-corrected chi connectivity index (χ1v) is 10.3. The Morgan fingerprint density at radius 3 is 2.68 bits per heavy atom. The molecule has 1 aliphatic rings. The van der Waals surface area contributed by atoms with Gasteiger partial charge in [-0.3, -0.25) is 14.0 Å². The SMILES string of the molecule is CC.O=C(NOCCO)c1cc(F)c2cncn2c1Nc1ccc(C2CCC2)cc1F. The fourth-order valence-electron chi connectivity index (χ4n) is 3.32. The van der Waals surface area contributed by atoms with Crippen LogP contribution >= 0.6 is 0 Å². The van der Waals surface area contributed by atoms with Gasteiger partial charge in [-0.15, -0.1) is 0 Å². The van der Waals surface area contributed by atoms with E-state index in [2.05, 4.69) is 15.8 Å². The molecule has 0 radical (unpaired) electrons. The minimum Gasteiger partial charge on any atom is -0.394 e. The van der Waals surface area contributed by atoms with Crippen LogP contribution in [0.25, 0.3) is 5.52 Å². The molecule has 1 saturated carbocycles. The largest absolute Gasteiger partial charge is 0.394 e. The van der Waals surface area contributed by atoms with Gasteiger partial charge in [0.1, 0.15) is 29.3 Å². The van der Waals surface area contributed by atoms with E-state index in [1.165, 1.54) is 23.0 Å². The maximum Gasteiger partial charge on any atom is 0.278 e. The normalized spacial score (nSPS) is 13.3. The quantitative estimate of drug-likeness (QED) is 0.383. The first-order chi connectivity index (χ1) is 15.1. The van der Waals surface area contributed by atoms with Crippen molar-refractivity contribution in [2.24, 2.45) is 0 Å². The second-order valence-corrected chi connectivity index (χ2v) is 6.90. The van der Waals surface area contributed by atoms with Crippen LogP contribution in [0, 0.1) is 11.6 Å². The molecule has 0 aliphatic heterocycles. The van der Waals surface area contributed by atoms with Crippen molar-refractivity contribution >= 4 is 22.9 Å². The molecule has 2 aromatic heterocycles. The molecular formula is C22H26F2N4O3. The first kappa shape index (κ1) is 22.6. The molecule has 9 heteroatoms. The Labute approximate surface area is 179 Å². The molecule has 3 N–H and O–H groups in total. The lowest BCUT2D eigenvalue weighted by Crippen LogP contribution is -2.26. The number of halogens is 2. The molecule has 31 heavy (non-hydrogen) atoms. The van der Waals surface area contributed by atoms with Crippen LogP contribution in [-0.4, -0.2) is 33.6 Å². The van der Waals surface area contributed by atoms with Crippen LogP contribution in [0.4, 0.5) is 20.3 Å². The number of aromatic nitrogens is 2. The number of carbonyl (C=O) groups is 1. The molecule has 3 aromatic rings. The number of anilines is 2. The Bertz CT molecular complexity index is 1050. The highest BCUT2D eigenvalue weighted by molar-refractivity contribution is 5.99. The van der Waals surface area contributed by atoms with Crippen molar-refractivity contribution in [2.75, 3.05) is 18.5 Å². The molecule has 4 rings (SSSR count). The van der Waals surface area contributed by atoms with Crippen molar-refractivity contribution in [3.05, 3.63) is 59.6 Å². The van der Waals surface area contributed by atoms with Gasteiger partial charge in [-0.2, -0.15) is 0 Å². The van der Waals surface area contributed by atoms with E-state index >= 15 is 0 Å². The van der Waals surface area contributed by atoms with Crippen molar-refractivity contribution in [2.45, 2.75) is 39.0 Å². The Balaban J connectivity index is 0.00000132. The summed E-state index contributed by atoms with van der Waals surface area (Å²) >= 11 is 0. The molecule has 1 aromatic carbocycles. The van der Waals surface area contributed by atoms with Gasteiger partial charge in [0.2, 0.25) is 0 Å². The smallest absolute Gasteiger partial charge is 0.278 e. The van der Waals surface area contributed by atoms with Gasteiger partial charge >= 0.3 is 0 Å². The number of pyridine rings is 1. The second-order valence-electron chi connectivity index (χ2n) is 6.90. The van der Waals surface area contributed by atoms with Crippen LogP contribution in [-0.2, 0) is 4.84 Å². The Hall–Kier alpha value is -3.04. The molecule has 2 heterocycles. The average molecular weight is 432 g/mol. The number of aliphatic hydroxyl groups excluding tert-OH is 1. The van der Waals surface area contributed by atoms with E-state index in [9.17, 15) is 13.6 Å². The standard InChI is InChI=1S/C20H20F2N4O3.C2H6/c21-15-8-13(12-2-1-3-12)4-5-17(15)24-19-14(20(28)25-29-7-6-27)9-16(22)18-10-23-11-26(18)19;1-2/h4-5,8-12,24,27H,1-3,6-7H2,(H,25,28);1-2H3. The number of hydrogen-bond donors (Lipinski definition) is 3. The molecule has 0 bridgehead atoms. The molecule has 7 nitrogen and oxygen atoms in total. The number of amides is 1. The van der Waals surface area contributed by atoms with E-state index in [0.29, 0.717) is 5.92 Å². The van der Waals surface area contributed by atoms with E-state index < -0.39 is 17.5 Å². The lowest BCUT2D eigenvalue weighted by atomic mass is 9.80. The van der Waals surface area contributed by atoms with E-state index in [4.69, 9.17) is 9.94 Å². The minimum atomic E-state index is -0.748. The third-order valence-corrected chi connectivity index (χ3v) is 5.08. The average Bonchev–Trinajstić information content (AvgIpc) is 3.22. The Morgan fingerprint density at radius 2 is 2.03 bits per heavy atom. The topological polar surface area (TPSA) is 87.9 Å². The second kappa shape index (κ2) is 10.3. The summed E-state index contributed by atoms with van der Waals surface area (Å²) in [5, 5.41) is 11.7. The third-order valence-electron chi connectivity index (χ3n) is 5.08.